The second kappa shape index (κ2) is 9.94. The second-order valence-corrected chi connectivity index (χ2v) is 9.44. The molecule has 0 spiro atoms. The van der Waals surface area contributed by atoms with Crippen molar-refractivity contribution < 1.29 is 18.7 Å². The van der Waals surface area contributed by atoms with Crippen LogP contribution in [0, 0.1) is 5.82 Å². The fraction of sp³-hybridized carbons (Fsp3) is 0.0714. The predicted molar refractivity (Wildman–Crippen MR) is 138 cm³/mol. The number of halogens is 2. The van der Waals surface area contributed by atoms with Crippen LogP contribution >= 0.6 is 23.4 Å². The summed E-state index contributed by atoms with van der Waals surface area (Å²) in [6.07, 6.45) is 1.72. The van der Waals surface area contributed by atoms with Gasteiger partial charge >= 0.3 is 0 Å². The quantitative estimate of drug-likeness (QED) is 0.256. The van der Waals surface area contributed by atoms with Crippen LogP contribution in [0.15, 0.2) is 89.8 Å². The third-order valence-electron chi connectivity index (χ3n) is 5.64. The van der Waals surface area contributed by atoms with Crippen molar-refractivity contribution in [3.05, 3.63) is 117 Å². The first-order valence-corrected chi connectivity index (χ1v) is 12.1. The molecular formula is C28H19ClFNO3S. The van der Waals surface area contributed by atoms with E-state index in [-0.39, 0.29) is 23.5 Å². The molecular weight excluding hydrogens is 485 g/mol. The summed E-state index contributed by atoms with van der Waals surface area (Å²) in [7, 11) is 0. The summed E-state index contributed by atoms with van der Waals surface area (Å²) in [6.45, 7) is 0.403. The van der Waals surface area contributed by atoms with Gasteiger partial charge in [0.05, 0.1) is 11.4 Å². The highest BCUT2D eigenvalue weighted by Crippen LogP contribution is 2.37. The summed E-state index contributed by atoms with van der Waals surface area (Å²) in [4.78, 5) is 27.3. The van der Waals surface area contributed by atoms with Crippen molar-refractivity contribution >= 4 is 51.4 Å². The number of hydrogen-bond acceptors (Lipinski definition) is 4. The molecule has 7 heteroatoms. The molecule has 0 saturated carbocycles. The zero-order chi connectivity index (χ0) is 24.4. The van der Waals surface area contributed by atoms with Crippen molar-refractivity contribution in [2.45, 2.75) is 13.2 Å². The molecule has 0 aromatic heterocycles. The van der Waals surface area contributed by atoms with E-state index in [1.165, 1.54) is 17.0 Å². The molecule has 1 heterocycles. The number of fused-ring (bicyclic) bond motifs is 1. The molecule has 0 unspecified atom stereocenters. The monoisotopic (exact) mass is 503 g/mol. The van der Waals surface area contributed by atoms with Gasteiger partial charge in [-0.05, 0) is 70.1 Å². The number of thioether (sulfide) groups is 1. The van der Waals surface area contributed by atoms with Gasteiger partial charge < -0.3 is 4.74 Å². The van der Waals surface area contributed by atoms with Gasteiger partial charge in [-0.25, -0.2) is 4.39 Å². The van der Waals surface area contributed by atoms with Crippen LogP contribution in [0.1, 0.15) is 16.7 Å². The lowest BCUT2D eigenvalue weighted by Crippen LogP contribution is -2.27. The molecule has 0 atom stereocenters. The molecule has 4 nitrogen and oxygen atoms in total. The lowest BCUT2D eigenvalue weighted by molar-refractivity contribution is -0.123. The van der Waals surface area contributed by atoms with Gasteiger partial charge in [-0.2, -0.15) is 0 Å². The number of imide groups is 1. The standard InChI is InChI=1S/C28H19ClFNO3S/c29-21-10-5-19(6-11-21)17-34-25-14-9-20-3-1-2-4-23(20)24(25)15-26-27(32)31(28(33)35-26)16-18-7-12-22(30)13-8-18/h1-15H,16-17H2/b26-15-. The molecule has 0 radical (unpaired) electrons. The van der Waals surface area contributed by atoms with E-state index < -0.39 is 0 Å². The topological polar surface area (TPSA) is 46.6 Å². The molecule has 4 aromatic carbocycles. The molecule has 0 N–H and O–H groups in total. The third kappa shape index (κ3) is 5.09. The number of hydrogen-bond donors (Lipinski definition) is 0. The van der Waals surface area contributed by atoms with E-state index in [1.54, 1.807) is 30.3 Å². The Morgan fingerprint density at radius 2 is 1.60 bits per heavy atom. The number of nitrogens with zero attached hydrogens (tertiary/aromatic N) is 1. The Labute approximate surface area is 211 Å². The van der Waals surface area contributed by atoms with E-state index in [2.05, 4.69) is 0 Å². The minimum Gasteiger partial charge on any atom is -0.488 e. The first-order valence-electron chi connectivity index (χ1n) is 10.9. The Kier molecular flexibility index (Phi) is 6.57. The highest BCUT2D eigenvalue weighted by Gasteiger charge is 2.35. The Morgan fingerprint density at radius 1 is 0.886 bits per heavy atom. The van der Waals surface area contributed by atoms with E-state index in [1.807, 2.05) is 48.5 Å². The Balaban J connectivity index is 1.46. The number of carbonyl (C=O) groups is 2. The van der Waals surface area contributed by atoms with Gasteiger partial charge in [-0.1, -0.05) is 66.2 Å². The fourth-order valence-corrected chi connectivity index (χ4v) is 4.78. The zero-order valence-corrected chi connectivity index (χ0v) is 20.0. The molecule has 35 heavy (non-hydrogen) atoms. The van der Waals surface area contributed by atoms with Crippen molar-refractivity contribution in [2.75, 3.05) is 0 Å². The average molecular weight is 504 g/mol. The third-order valence-corrected chi connectivity index (χ3v) is 6.80. The lowest BCUT2D eigenvalue weighted by Gasteiger charge is -2.13. The summed E-state index contributed by atoms with van der Waals surface area (Å²) < 4.78 is 19.4. The van der Waals surface area contributed by atoms with Crippen LogP contribution in [0.3, 0.4) is 0 Å². The van der Waals surface area contributed by atoms with Crippen molar-refractivity contribution in [1.82, 2.24) is 4.90 Å². The summed E-state index contributed by atoms with van der Waals surface area (Å²) in [5.74, 6) is -0.158. The summed E-state index contributed by atoms with van der Waals surface area (Å²) >= 11 is 6.87. The van der Waals surface area contributed by atoms with E-state index in [0.29, 0.717) is 27.8 Å². The van der Waals surface area contributed by atoms with Gasteiger partial charge in [0.25, 0.3) is 11.1 Å². The largest absolute Gasteiger partial charge is 0.488 e. The number of benzene rings is 4. The normalized spacial score (nSPS) is 14.8. The smallest absolute Gasteiger partial charge is 0.293 e. The Hall–Kier alpha value is -3.61. The van der Waals surface area contributed by atoms with Crippen LogP contribution in [-0.4, -0.2) is 16.0 Å². The molecule has 0 bridgehead atoms. The van der Waals surface area contributed by atoms with E-state index in [4.69, 9.17) is 16.3 Å². The van der Waals surface area contributed by atoms with Gasteiger partial charge in [0.1, 0.15) is 18.2 Å². The second-order valence-electron chi connectivity index (χ2n) is 8.01. The molecule has 4 aromatic rings. The first-order chi connectivity index (χ1) is 17.0. The number of rotatable bonds is 6. The van der Waals surface area contributed by atoms with Gasteiger partial charge in [-0.15, -0.1) is 0 Å². The summed E-state index contributed by atoms with van der Waals surface area (Å²) in [5.41, 5.74) is 2.35. The Bertz CT molecular complexity index is 1450. The van der Waals surface area contributed by atoms with Crippen LogP contribution in [0.4, 0.5) is 9.18 Å². The van der Waals surface area contributed by atoms with Gasteiger partial charge in [-0.3, -0.25) is 14.5 Å². The van der Waals surface area contributed by atoms with E-state index in [0.717, 1.165) is 33.7 Å². The van der Waals surface area contributed by atoms with Crippen LogP contribution < -0.4 is 4.74 Å². The molecule has 1 saturated heterocycles. The van der Waals surface area contributed by atoms with Crippen molar-refractivity contribution in [3.8, 4) is 5.75 Å². The summed E-state index contributed by atoms with van der Waals surface area (Å²) in [6, 6.07) is 24.8. The highest BCUT2D eigenvalue weighted by molar-refractivity contribution is 8.18. The number of ether oxygens (including phenoxy) is 1. The average Bonchev–Trinajstić information content (AvgIpc) is 3.13. The highest BCUT2D eigenvalue weighted by atomic mass is 35.5. The van der Waals surface area contributed by atoms with Crippen LogP contribution in [-0.2, 0) is 17.9 Å². The van der Waals surface area contributed by atoms with Crippen molar-refractivity contribution in [1.29, 1.82) is 0 Å². The SMILES string of the molecule is O=C1S/C(=C\c2c(OCc3ccc(Cl)cc3)ccc3ccccc23)C(=O)N1Cc1ccc(F)cc1. The molecule has 1 aliphatic heterocycles. The van der Waals surface area contributed by atoms with E-state index >= 15 is 0 Å². The van der Waals surface area contributed by atoms with Crippen LogP contribution in [0.2, 0.25) is 5.02 Å². The Morgan fingerprint density at radius 3 is 2.37 bits per heavy atom. The maximum Gasteiger partial charge on any atom is 0.293 e. The van der Waals surface area contributed by atoms with Gasteiger partial charge in [0.2, 0.25) is 0 Å². The molecule has 174 valence electrons. The van der Waals surface area contributed by atoms with Crippen molar-refractivity contribution in [2.24, 2.45) is 0 Å². The number of amides is 2. The molecule has 0 aliphatic carbocycles. The van der Waals surface area contributed by atoms with Crippen LogP contribution in [0.5, 0.6) is 5.75 Å². The first kappa shape index (κ1) is 23.1. The number of carbonyl (C=O) groups excluding carboxylic acids is 2. The molecule has 1 fully saturated rings. The molecule has 5 rings (SSSR count). The molecule has 2 amide bonds. The van der Waals surface area contributed by atoms with Crippen LogP contribution in [0.25, 0.3) is 16.8 Å². The maximum atomic E-state index is 13.2. The molecule has 1 aliphatic rings. The van der Waals surface area contributed by atoms with E-state index in [9.17, 15) is 14.0 Å². The minimum absolute atomic E-state index is 0.0811. The predicted octanol–water partition coefficient (Wildman–Crippen LogP) is 7.45. The van der Waals surface area contributed by atoms with Crippen molar-refractivity contribution in [3.63, 3.8) is 0 Å². The fourth-order valence-electron chi connectivity index (χ4n) is 3.83. The maximum absolute atomic E-state index is 13.2. The minimum atomic E-state index is -0.388. The zero-order valence-electron chi connectivity index (χ0n) is 18.4. The van der Waals surface area contributed by atoms with Gasteiger partial charge in [0, 0.05) is 10.6 Å². The lowest BCUT2D eigenvalue weighted by atomic mass is 10.0. The van der Waals surface area contributed by atoms with Gasteiger partial charge in [0.15, 0.2) is 0 Å². The summed E-state index contributed by atoms with van der Waals surface area (Å²) in [5, 5.41) is 2.18.